The summed E-state index contributed by atoms with van der Waals surface area (Å²) in [7, 11) is 0. The Hall–Kier alpha value is -4.97. The Balaban J connectivity index is 4.35. The molecule has 0 radical (unpaired) electrons. The monoisotopic (exact) mass is 935 g/mol. The minimum atomic E-state index is -0.826. The minimum absolute atomic E-state index is 0.120. The normalized spacial score (nSPS) is 13.4. The van der Waals surface area contributed by atoms with Crippen LogP contribution in [-0.2, 0) is 28.6 Å². The Morgan fingerprint density at radius 1 is 0.309 bits per heavy atom. The molecular formula is C62H94O6. The Morgan fingerprint density at radius 3 is 0.956 bits per heavy atom. The molecule has 1 atom stereocenters. The smallest absolute Gasteiger partial charge is 0.306 e. The van der Waals surface area contributed by atoms with Crippen molar-refractivity contribution in [2.45, 2.75) is 200 Å². The lowest BCUT2D eigenvalue weighted by Gasteiger charge is -2.18. The van der Waals surface area contributed by atoms with Gasteiger partial charge in [-0.1, -0.05) is 211 Å². The topological polar surface area (TPSA) is 78.9 Å². The van der Waals surface area contributed by atoms with Crippen molar-refractivity contribution < 1.29 is 28.6 Å². The predicted octanol–water partition coefficient (Wildman–Crippen LogP) is 17.8. The second kappa shape index (κ2) is 54.6. The first-order chi connectivity index (χ1) is 33.5. The molecule has 6 heteroatoms. The Bertz CT molecular complexity index is 1590. The fourth-order valence-electron chi connectivity index (χ4n) is 6.37. The van der Waals surface area contributed by atoms with Crippen LogP contribution < -0.4 is 0 Å². The number of carbonyl (C=O) groups is 3. The zero-order valence-corrected chi connectivity index (χ0v) is 43.0. The summed E-state index contributed by atoms with van der Waals surface area (Å²) in [5.74, 6) is -1.05. The average molecular weight is 935 g/mol. The van der Waals surface area contributed by atoms with E-state index in [1.807, 2.05) is 0 Å². The van der Waals surface area contributed by atoms with Gasteiger partial charge in [-0.05, 0) is 122 Å². The Morgan fingerprint density at radius 2 is 0.588 bits per heavy atom. The fraction of sp³-hybridized carbons (Fsp3) is 0.532. The first kappa shape index (κ1) is 63.0. The van der Waals surface area contributed by atoms with E-state index in [9.17, 15) is 14.4 Å². The van der Waals surface area contributed by atoms with E-state index in [-0.39, 0.29) is 44.0 Å². The Labute approximate surface area is 416 Å². The van der Waals surface area contributed by atoms with Crippen LogP contribution >= 0.6 is 0 Å². The van der Waals surface area contributed by atoms with E-state index in [2.05, 4.69) is 179 Å². The molecule has 0 aliphatic carbocycles. The number of ether oxygens (including phenoxy) is 3. The van der Waals surface area contributed by atoms with Crippen LogP contribution in [0.3, 0.4) is 0 Å². The van der Waals surface area contributed by atoms with E-state index in [0.717, 1.165) is 122 Å². The second-order valence-electron chi connectivity index (χ2n) is 16.7. The number of allylic oxidation sites excluding steroid dienone is 26. The van der Waals surface area contributed by atoms with Gasteiger partial charge in [0.25, 0.3) is 0 Å². The highest BCUT2D eigenvalue weighted by Gasteiger charge is 2.19. The summed E-state index contributed by atoms with van der Waals surface area (Å²) in [5, 5.41) is 0. The molecule has 1 unspecified atom stereocenters. The fourth-order valence-corrected chi connectivity index (χ4v) is 6.37. The maximum atomic E-state index is 12.7. The molecule has 0 aromatic carbocycles. The van der Waals surface area contributed by atoms with Gasteiger partial charge in [0, 0.05) is 19.3 Å². The molecular weight excluding hydrogens is 841 g/mol. The second-order valence-corrected chi connectivity index (χ2v) is 16.7. The molecule has 0 aliphatic rings. The van der Waals surface area contributed by atoms with Gasteiger partial charge in [-0.15, -0.1) is 0 Å². The van der Waals surface area contributed by atoms with Crippen LogP contribution in [0.2, 0.25) is 0 Å². The van der Waals surface area contributed by atoms with E-state index in [1.165, 1.54) is 19.3 Å². The van der Waals surface area contributed by atoms with Crippen LogP contribution in [0.5, 0.6) is 0 Å². The zero-order valence-electron chi connectivity index (χ0n) is 43.0. The zero-order chi connectivity index (χ0) is 49.3. The quantitative estimate of drug-likeness (QED) is 0.0262. The van der Waals surface area contributed by atoms with Crippen LogP contribution in [-0.4, -0.2) is 37.2 Å². The lowest BCUT2D eigenvalue weighted by molar-refractivity contribution is -0.167. The summed E-state index contributed by atoms with van der Waals surface area (Å²) in [6.07, 6.45) is 79.9. The highest BCUT2D eigenvalue weighted by atomic mass is 16.6. The molecule has 0 amide bonds. The van der Waals surface area contributed by atoms with Gasteiger partial charge in [0.15, 0.2) is 6.10 Å². The number of esters is 3. The number of rotatable bonds is 45. The van der Waals surface area contributed by atoms with Gasteiger partial charge in [-0.2, -0.15) is 0 Å². The van der Waals surface area contributed by atoms with Gasteiger partial charge in [0.1, 0.15) is 13.2 Å². The molecule has 0 saturated carbocycles. The highest BCUT2D eigenvalue weighted by Crippen LogP contribution is 2.10. The molecule has 0 spiro atoms. The van der Waals surface area contributed by atoms with Crippen LogP contribution in [0.15, 0.2) is 158 Å². The summed E-state index contributed by atoms with van der Waals surface area (Å²) in [6, 6.07) is 0. The van der Waals surface area contributed by atoms with Gasteiger partial charge in [-0.25, -0.2) is 0 Å². The number of hydrogen-bond acceptors (Lipinski definition) is 6. The van der Waals surface area contributed by atoms with Crippen molar-refractivity contribution >= 4 is 17.9 Å². The largest absolute Gasteiger partial charge is 0.462 e. The first-order valence-electron chi connectivity index (χ1n) is 26.5. The van der Waals surface area contributed by atoms with Crippen LogP contribution in [0.1, 0.15) is 194 Å². The molecule has 378 valence electrons. The maximum absolute atomic E-state index is 12.7. The molecule has 68 heavy (non-hydrogen) atoms. The van der Waals surface area contributed by atoms with E-state index in [0.29, 0.717) is 19.3 Å². The summed E-state index contributed by atoms with van der Waals surface area (Å²) in [6.45, 7) is 6.23. The van der Waals surface area contributed by atoms with Crippen LogP contribution in [0.4, 0.5) is 0 Å². The number of hydrogen-bond donors (Lipinski definition) is 0. The molecule has 0 aromatic heterocycles. The lowest BCUT2D eigenvalue weighted by atomic mass is 10.1. The molecule has 0 aromatic rings. The van der Waals surface area contributed by atoms with E-state index in [4.69, 9.17) is 14.2 Å². The summed E-state index contributed by atoms with van der Waals surface area (Å²) in [5.41, 5.74) is 0. The van der Waals surface area contributed by atoms with Crippen molar-refractivity contribution in [2.24, 2.45) is 0 Å². The third-order valence-electron chi connectivity index (χ3n) is 10.3. The molecule has 0 bridgehead atoms. The van der Waals surface area contributed by atoms with Crippen molar-refractivity contribution in [2.75, 3.05) is 13.2 Å². The number of carbonyl (C=O) groups excluding carboxylic acids is 3. The SMILES string of the molecule is CC/C=C\C/C=C\C/C=C\C/C=C\C/C=C\C/C=C\C/C=C\C/C=C\C/C=C\CCCC(=O)OCC(COC(=O)CCCCCCCC)OC(=O)CCCC/C=C\C/C=C\C/C=C\C/C=C\CC. The molecule has 0 N–H and O–H groups in total. The van der Waals surface area contributed by atoms with Gasteiger partial charge >= 0.3 is 17.9 Å². The van der Waals surface area contributed by atoms with Crippen molar-refractivity contribution in [3.63, 3.8) is 0 Å². The molecule has 0 saturated heterocycles. The third-order valence-corrected chi connectivity index (χ3v) is 10.3. The molecule has 0 aliphatic heterocycles. The van der Waals surface area contributed by atoms with Crippen molar-refractivity contribution in [1.29, 1.82) is 0 Å². The summed E-state index contributed by atoms with van der Waals surface area (Å²) >= 11 is 0. The van der Waals surface area contributed by atoms with E-state index >= 15 is 0 Å². The van der Waals surface area contributed by atoms with E-state index < -0.39 is 6.10 Å². The van der Waals surface area contributed by atoms with E-state index in [1.54, 1.807) is 0 Å². The summed E-state index contributed by atoms with van der Waals surface area (Å²) in [4.78, 5) is 37.7. The predicted molar refractivity (Wildman–Crippen MR) is 292 cm³/mol. The third kappa shape index (κ3) is 52.0. The maximum Gasteiger partial charge on any atom is 0.306 e. The Kier molecular flexibility index (Phi) is 50.6. The average Bonchev–Trinajstić information content (AvgIpc) is 3.34. The van der Waals surface area contributed by atoms with Crippen molar-refractivity contribution in [3.8, 4) is 0 Å². The van der Waals surface area contributed by atoms with Crippen molar-refractivity contribution in [3.05, 3.63) is 158 Å². The first-order valence-corrected chi connectivity index (χ1v) is 26.5. The van der Waals surface area contributed by atoms with Crippen molar-refractivity contribution in [1.82, 2.24) is 0 Å². The number of unbranched alkanes of at least 4 members (excludes halogenated alkanes) is 8. The molecule has 0 rings (SSSR count). The standard InChI is InChI=1S/C62H94O6/c1-4-7-10-13-16-18-20-22-24-25-26-27-28-29-30-31-32-33-34-35-36-37-39-40-42-44-46-49-52-55-61(64)67-58-59(57-66-60(63)54-51-48-15-12-9-6-3)68-62(65)56-53-50-47-45-43-41-38-23-21-19-17-14-11-8-5-2/h7-8,10-11,16-19,22-24,26-27,29-30,32-33,35-36,38-40,43-46,59H,4-6,9,12-15,20-21,25,28,31,34,37,41-42,47-58H2,1-3H3/b10-7-,11-8-,18-16-,19-17-,24-22-,27-26-,30-29-,33-32-,36-35-,38-23-,40-39-,45-43-,46-44-. The van der Waals surface area contributed by atoms with Gasteiger partial charge in [0.2, 0.25) is 0 Å². The van der Waals surface area contributed by atoms with Gasteiger partial charge < -0.3 is 14.2 Å². The summed E-state index contributed by atoms with van der Waals surface area (Å²) < 4.78 is 16.6. The molecule has 0 fully saturated rings. The highest BCUT2D eigenvalue weighted by molar-refractivity contribution is 5.71. The van der Waals surface area contributed by atoms with Crippen LogP contribution in [0, 0.1) is 0 Å². The van der Waals surface area contributed by atoms with Crippen LogP contribution in [0.25, 0.3) is 0 Å². The molecule has 6 nitrogen and oxygen atoms in total. The van der Waals surface area contributed by atoms with Gasteiger partial charge in [0.05, 0.1) is 0 Å². The van der Waals surface area contributed by atoms with Gasteiger partial charge in [-0.3, -0.25) is 14.4 Å². The minimum Gasteiger partial charge on any atom is -0.462 e. The lowest BCUT2D eigenvalue weighted by Crippen LogP contribution is -2.30. The molecule has 0 heterocycles.